The first-order valence-electron chi connectivity index (χ1n) is 3.50. The summed E-state index contributed by atoms with van der Waals surface area (Å²) in [6, 6.07) is 0. The Morgan fingerprint density at radius 2 is 2.09 bits per heavy atom. The molecule has 1 radical (unpaired) electrons. The molecule has 0 fully saturated rings. The van der Waals surface area contributed by atoms with Gasteiger partial charge >= 0.3 is 7.12 Å². The maximum atomic E-state index is 13.1. The molecule has 0 amide bonds. The number of hydrogen-bond donors (Lipinski definition) is 0. The summed E-state index contributed by atoms with van der Waals surface area (Å²) in [5.41, 5.74) is 0. The van der Waals surface area contributed by atoms with Crippen LogP contribution in [-0.2, 0) is 4.74 Å². The lowest BCUT2D eigenvalue weighted by Crippen LogP contribution is -2.54. The van der Waals surface area contributed by atoms with Crippen molar-refractivity contribution < 1.29 is 18.2 Å². The molecule has 0 bridgehead atoms. The summed E-state index contributed by atoms with van der Waals surface area (Å²) in [7, 11) is 2.89. The van der Waals surface area contributed by atoms with Crippen molar-refractivity contribution in [2.24, 2.45) is 0 Å². The number of nitrogens with zero attached hydrogens (tertiary/aromatic N) is 1. The number of halogens is 1. The van der Waals surface area contributed by atoms with Crippen LogP contribution < -0.4 is 0 Å². The second-order valence-corrected chi connectivity index (χ2v) is 2.95. The number of methoxy groups -OCH3 is 1. The van der Waals surface area contributed by atoms with Gasteiger partial charge in [-0.25, -0.2) is 0 Å². The molecular weight excluding hydrogens is 148 g/mol. The summed E-state index contributed by atoms with van der Waals surface area (Å²) >= 11 is 0. The zero-order valence-corrected chi connectivity index (χ0v) is 7.43. The van der Waals surface area contributed by atoms with Gasteiger partial charge in [0.05, 0.1) is 7.11 Å². The lowest BCUT2D eigenvalue weighted by molar-refractivity contribution is -0.785. The zero-order chi connectivity index (χ0) is 9.07. The van der Waals surface area contributed by atoms with Gasteiger partial charge in [0.15, 0.2) is 0 Å². The fraction of sp³-hybridized carbons (Fsp3) is 0.833. The average Bonchev–Trinajstić information content (AvgIpc) is 2.01. The van der Waals surface area contributed by atoms with Crippen molar-refractivity contribution in [3.8, 4) is 0 Å². The fourth-order valence-corrected chi connectivity index (χ4v) is 0.543. The molecule has 3 nitrogen and oxygen atoms in total. The molecule has 0 aliphatic heterocycles. The summed E-state index contributed by atoms with van der Waals surface area (Å²) in [4.78, 5) is 10.7. The standard InChI is InChI=1S/C6H14BFNO2/c1-5-9(2,3)7(8)6(10)11-4/h5H2,1-4H3. The van der Waals surface area contributed by atoms with Gasteiger partial charge < -0.3 is 13.4 Å². The Balaban J connectivity index is 4.22. The largest absolute Gasteiger partial charge is 0.505 e. The van der Waals surface area contributed by atoms with Crippen LogP contribution in [0.15, 0.2) is 0 Å². The van der Waals surface area contributed by atoms with E-state index in [9.17, 15) is 9.11 Å². The molecule has 0 spiro atoms. The molecule has 0 N–H and O–H groups in total. The summed E-state index contributed by atoms with van der Waals surface area (Å²) in [5, 5.41) is 0. The SMILES string of the molecule is CC[N+](C)(C)[B-](F)C(=O)OC. The zero-order valence-electron chi connectivity index (χ0n) is 7.43. The summed E-state index contributed by atoms with van der Waals surface area (Å²) in [6.45, 7) is 2.37. The predicted molar refractivity (Wildman–Crippen MR) is 41.9 cm³/mol. The molecule has 0 rings (SSSR count). The van der Waals surface area contributed by atoms with Crippen LogP contribution >= 0.6 is 0 Å². The first-order valence-corrected chi connectivity index (χ1v) is 3.50. The van der Waals surface area contributed by atoms with Crippen LogP contribution in [-0.4, -0.2) is 45.1 Å². The molecule has 11 heavy (non-hydrogen) atoms. The van der Waals surface area contributed by atoms with Crippen molar-refractivity contribution >= 4 is 13.0 Å². The maximum Gasteiger partial charge on any atom is 0.434 e. The fourth-order valence-electron chi connectivity index (χ4n) is 0.543. The molecule has 0 unspecified atom stereocenters. The molecule has 0 aromatic rings. The smallest absolute Gasteiger partial charge is 0.434 e. The molecular formula is C6H14BFNO2. The molecule has 0 aliphatic rings. The quantitative estimate of drug-likeness (QED) is 0.576. The molecule has 65 valence electrons. The Bertz CT molecular complexity index is 152. The van der Waals surface area contributed by atoms with Gasteiger partial charge in [-0.3, -0.25) is 4.79 Å². The first kappa shape index (κ1) is 10.4. The molecule has 0 heterocycles. The number of carbonyl (C=O) groups is 1. The summed E-state index contributed by atoms with van der Waals surface area (Å²) < 4.78 is 17.3. The van der Waals surface area contributed by atoms with Crippen molar-refractivity contribution in [3.05, 3.63) is 0 Å². The van der Waals surface area contributed by atoms with Gasteiger partial charge in [0.1, 0.15) is 0 Å². The summed E-state index contributed by atoms with van der Waals surface area (Å²) in [6.07, 6.45) is 0. The number of hydrogen-bond acceptors (Lipinski definition) is 2. The van der Waals surface area contributed by atoms with Crippen molar-refractivity contribution in [2.75, 3.05) is 27.7 Å². The Kier molecular flexibility index (Phi) is 3.52. The minimum atomic E-state index is -1.58. The monoisotopic (exact) mass is 162 g/mol. The third-order valence-corrected chi connectivity index (χ3v) is 1.82. The van der Waals surface area contributed by atoms with E-state index in [0.29, 0.717) is 6.54 Å². The van der Waals surface area contributed by atoms with Gasteiger partial charge in [0.25, 0.3) is 0 Å². The van der Waals surface area contributed by atoms with Crippen LogP contribution in [0.2, 0.25) is 0 Å². The second kappa shape index (κ2) is 3.71. The van der Waals surface area contributed by atoms with Crippen LogP contribution in [0.1, 0.15) is 6.92 Å². The Labute approximate surface area is 66.9 Å². The normalized spacial score (nSPS) is 11.8. The van der Waals surface area contributed by atoms with E-state index in [1.54, 1.807) is 14.1 Å². The Morgan fingerprint density at radius 3 is 2.36 bits per heavy atom. The highest BCUT2D eigenvalue weighted by atomic mass is 19.1. The first-order chi connectivity index (χ1) is 4.95. The maximum absolute atomic E-state index is 13.1. The van der Waals surface area contributed by atoms with Crippen LogP contribution in [0, 0.1) is 0 Å². The molecule has 0 aromatic heterocycles. The van der Waals surface area contributed by atoms with Crippen LogP contribution in [0.5, 0.6) is 0 Å². The lowest BCUT2D eigenvalue weighted by Gasteiger charge is -2.40. The molecule has 5 heteroatoms. The molecule has 0 aliphatic carbocycles. The predicted octanol–water partition coefficient (Wildman–Crippen LogP) is 0.888. The van der Waals surface area contributed by atoms with E-state index in [1.165, 1.54) is 7.11 Å². The number of ether oxygens (including phenoxy) is 1. The third kappa shape index (κ3) is 2.50. The van der Waals surface area contributed by atoms with E-state index in [1.807, 2.05) is 6.92 Å². The van der Waals surface area contributed by atoms with Crippen molar-refractivity contribution in [2.45, 2.75) is 6.92 Å². The van der Waals surface area contributed by atoms with Crippen molar-refractivity contribution in [3.63, 3.8) is 0 Å². The van der Waals surface area contributed by atoms with Gasteiger partial charge in [-0.05, 0) is 6.92 Å². The third-order valence-electron chi connectivity index (χ3n) is 1.82. The minimum Gasteiger partial charge on any atom is -0.505 e. The van der Waals surface area contributed by atoms with Gasteiger partial charge in [-0.2, -0.15) is 0 Å². The van der Waals surface area contributed by atoms with E-state index in [2.05, 4.69) is 4.74 Å². The van der Waals surface area contributed by atoms with Crippen LogP contribution in [0.3, 0.4) is 0 Å². The van der Waals surface area contributed by atoms with Crippen LogP contribution in [0.25, 0.3) is 0 Å². The summed E-state index contributed by atoms with van der Waals surface area (Å²) in [5.74, 6) is -0.808. The van der Waals surface area contributed by atoms with E-state index >= 15 is 0 Å². The topological polar surface area (TPSA) is 26.3 Å². The number of carbonyl (C=O) groups excluding carboxylic acids is 1. The van der Waals surface area contributed by atoms with E-state index in [-0.39, 0.29) is 4.39 Å². The van der Waals surface area contributed by atoms with Crippen LogP contribution in [0.4, 0.5) is 9.11 Å². The lowest BCUT2D eigenvalue weighted by atomic mass is 9.82. The van der Waals surface area contributed by atoms with E-state index in [4.69, 9.17) is 0 Å². The highest BCUT2D eigenvalue weighted by molar-refractivity contribution is 6.77. The molecule has 0 saturated carbocycles. The number of quaternary nitrogens is 1. The van der Waals surface area contributed by atoms with Gasteiger partial charge in [0.2, 0.25) is 5.87 Å². The highest BCUT2D eigenvalue weighted by Crippen LogP contribution is 2.05. The van der Waals surface area contributed by atoms with Gasteiger partial charge in [0, 0.05) is 20.6 Å². The Morgan fingerprint density at radius 1 is 1.64 bits per heavy atom. The number of rotatable bonds is 3. The van der Waals surface area contributed by atoms with Crippen molar-refractivity contribution in [1.29, 1.82) is 0 Å². The van der Waals surface area contributed by atoms with Gasteiger partial charge in [-0.1, -0.05) is 0 Å². The van der Waals surface area contributed by atoms with E-state index in [0.717, 1.165) is 0 Å². The van der Waals surface area contributed by atoms with Gasteiger partial charge in [-0.15, -0.1) is 0 Å². The second-order valence-electron chi connectivity index (χ2n) is 2.95. The highest BCUT2D eigenvalue weighted by Gasteiger charge is 2.27. The molecule has 0 aromatic carbocycles. The molecule has 0 saturated heterocycles. The van der Waals surface area contributed by atoms with E-state index < -0.39 is 13.0 Å². The average molecular weight is 162 g/mol. The van der Waals surface area contributed by atoms with Crippen molar-refractivity contribution in [1.82, 2.24) is 0 Å². The Hall–Kier alpha value is -0.575. The molecule has 0 atom stereocenters. The minimum absolute atomic E-state index is 0.00662.